The van der Waals surface area contributed by atoms with E-state index in [1.165, 1.54) is 11.3 Å². The summed E-state index contributed by atoms with van der Waals surface area (Å²) in [6.45, 7) is 1.13. The van der Waals surface area contributed by atoms with Crippen LogP contribution >= 0.6 is 11.3 Å². The van der Waals surface area contributed by atoms with Crippen molar-refractivity contribution in [3.63, 3.8) is 0 Å². The van der Waals surface area contributed by atoms with E-state index in [1.54, 1.807) is 11.7 Å². The summed E-state index contributed by atoms with van der Waals surface area (Å²) in [6, 6.07) is 5.78. The number of hydrogen-bond donors (Lipinski definition) is 2. The first kappa shape index (κ1) is 12.2. The summed E-state index contributed by atoms with van der Waals surface area (Å²) in [4.78, 5) is 5.09. The van der Waals surface area contributed by atoms with E-state index in [9.17, 15) is 0 Å². The topological polar surface area (TPSA) is 86.1 Å². The minimum atomic E-state index is 0.454. The predicted octanol–water partition coefficient (Wildman–Crippen LogP) is 2.55. The monoisotopic (exact) mass is 300 g/mol. The molecule has 0 unspecified atom stereocenters. The normalized spacial score (nSPS) is 13.3. The fourth-order valence-corrected chi connectivity index (χ4v) is 2.99. The van der Waals surface area contributed by atoms with Gasteiger partial charge in [-0.15, -0.1) is 11.3 Å². The molecule has 0 bridgehead atoms. The van der Waals surface area contributed by atoms with E-state index < -0.39 is 0 Å². The third-order valence-corrected chi connectivity index (χ3v) is 4.09. The molecular weight excluding hydrogens is 288 g/mol. The number of aromatic nitrogens is 3. The van der Waals surface area contributed by atoms with Gasteiger partial charge in [0.2, 0.25) is 0 Å². The third kappa shape index (κ3) is 2.02. The van der Waals surface area contributed by atoms with Gasteiger partial charge >= 0.3 is 0 Å². The van der Waals surface area contributed by atoms with Crippen LogP contribution in [-0.4, -0.2) is 28.4 Å². The van der Waals surface area contributed by atoms with Gasteiger partial charge in [-0.3, -0.25) is 10.1 Å². The highest BCUT2D eigenvalue weighted by molar-refractivity contribution is 7.13. The second kappa shape index (κ2) is 4.78. The van der Waals surface area contributed by atoms with E-state index in [0.29, 0.717) is 19.0 Å². The second-order valence-electron chi connectivity index (χ2n) is 4.58. The lowest BCUT2D eigenvalue weighted by Crippen LogP contribution is -2.15. The molecule has 0 aliphatic carbocycles. The van der Waals surface area contributed by atoms with Crippen LogP contribution in [-0.2, 0) is 0 Å². The highest BCUT2D eigenvalue weighted by Gasteiger charge is 2.19. The van der Waals surface area contributed by atoms with Crippen LogP contribution in [0, 0.1) is 0 Å². The molecule has 4 rings (SSSR count). The maximum absolute atomic E-state index is 6.03. The Morgan fingerprint density at radius 3 is 2.86 bits per heavy atom. The van der Waals surface area contributed by atoms with Crippen molar-refractivity contribution in [1.82, 2.24) is 15.2 Å². The number of H-pyrrole nitrogens is 1. The Balaban J connectivity index is 1.85. The maximum Gasteiger partial charge on any atom is 0.161 e. The van der Waals surface area contributed by atoms with Crippen molar-refractivity contribution in [2.24, 2.45) is 0 Å². The lowest BCUT2D eigenvalue weighted by atomic mass is 10.0. The van der Waals surface area contributed by atoms with Crippen molar-refractivity contribution in [1.29, 1.82) is 0 Å². The smallest absolute Gasteiger partial charge is 0.161 e. The summed E-state index contributed by atoms with van der Waals surface area (Å²) < 4.78 is 11.2. The minimum absolute atomic E-state index is 0.454. The fourth-order valence-electron chi connectivity index (χ4n) is 2.36. The molecule has 1 aliphatic rings. The van der Waals surface area contributed by atoms with Gasteiger partial charge in [0, 0.05) is 6.20 Å². The molecule has 0 fully saturated rings. The number of ether oxygens (including phenoxy) is 2. The van der Waals surface area contributed by atoms with Crippen molar-refractivity contribution < 1.29 is 9.47 Å². The van der Waals surface area contributed by atoms with Crippen LogP contribution in [0.25, 0.3) is 21.7 Å². The van der Waals surface area contributed by atoms with E-state index >= 15 is 0 Å². The first-order valence-corrected chi connectivity index (χ1v) is 7.33. The number of hydrogen-bond acceptors (Lipinski definition) is 6. The van der Waals surface area contributed by atoms with Gasteiger partial charge < -0.3 is 15.2 Å². The second-order valence-corrected chi connectivity index (χ2v) is 5.47. The predicted molar refractivity (Wildman–Crippen MR) is 80.5 cm³/mol. The average Bonchev–Trinajstić information content (AvgIpc) is 3.16. The van der Waals surface area contributed by atoms with Crippen molar-refractivity contribution in [2.75, 3.05) is 18.9 Å². The number of fused-ring (bicyclic) bond motifs is 1. The summed E-state index contributed by atoms with van der Waals surface area (Å²) in [5.74, 6) is 1.94. The molecule has 6 nitrogen and oxygen atoms in total. The Kier molecular flexibility index (Phi) is 2.78. The number of nitrogen functional groups attached to an aromatic ring is 1. The van der Waals surface area contributed by atoms with Gasteiger partial charge in [0.25, 0.3) is 0 Å². The van der Waals surface area contributed by atoms with Crippen LogP contribution < -0.4 is 15.2 Å². The molecule has 0 radical (unpaired) electrons. The van der Waals surface area contributed by atoms with Crippen molar-refractivity contribution in [3.05, 3.63) is 29.9 Å². The summed E-state index contributed by atoms with van der Waals surface area (Å²) >= 11 is 1.53. The Morgan fingerprint density at radius 2 is 2.05 bits per heavy atom. The zero-order chi connectivity index (χ0) is 14.2. The summed E-state index contributed by atoms with van der Waals surface area (Å²) in [5, 5.41) is 7.10. The molecule has 1 aromatic carbocycles. The van der Waals surface area contributed by atoms with Crippen molar-refractivity contribution >= 4 is 17.2 Å². The number of rotatable bonds is 2. The average molecular weight is 300 g/mol. The van der Waals surface area contributed by atoms with Gasteiger partial charge in [0.05, 0.1) is 21.6 Å². The first-order valence-electron chi connectivity index (χ1n) is 6.45. The molecule has 3 N–H and O–H groups in total. The van der Waals surface area contributed by atoms with Gasteiger partial charge in [-0.2, -0.15) is 5.10 Å². The van der Waals surface area contributed by atoms with Crippen LogP contribution in [0.15, 0.2) is 29.9 Å². The summed E-state index contributed by atoms with van der Waals surface area (Å²) in [5.41, 5.74) is 10.5. The Bertz CT molecular complexity index is 782. The third-order valence-electron chi connectivity index (χ3n) is 3.30. The van der Waals surface area contributed by atoms with E-state index in [0.717, 1.165) is 33.2 Å². The lowest BCUT2D eigenvalue weighted by molar-refractivity contribution is 0.171. The quantitative estimate of drug-likeness (QED) is 0.759. The van der Waals surface area contributed by atoms with Crippen LogP contribution in [0.2, 0.25) is 0 Å². The SMILES string of the molecule is Nc1n[nH]c(-c2cncs2)c1-c1ccc2c(c1)OCCO2. The number of aromatic amines is 1. The van der Waals surface area contributed by atoms with Gasteiger partial charge in [0.1, 0.15) is 13.2 Å². The highest BCUT2D eigenvalue weighted by atomic mass is 32.1. The first-order chi connectivity index (χ1) is 10.3. The fraction of sp³-hybridized carbons (Fsp3) is 0.143. The molecule has 3 heterocycles. The van der Waals surface area contributed by atoms with E-state index in [4.69, 9.17) is 15.2 Å². The van der Waals surface area contributed by atoms with Crippen molar-refractivity contribution in [3.8, 4) is 33.2 Å². The largest absolute Gasteiger partial charge is 0.486 e. The van der Waals surface area contributed by atoms with Crippen LogP contribution in [0.1, 0.15) is 0 Å². The molecule has 21 heavy (non-hydrogen) atoms. The summed E-state index contributed by atoms with van der Waals surface area (Å²) in [7, 11) is 0. The van der Waals surface area contributed by atoms with Gasteiger partial charge in [-0.1, -0.05) is 6.07 Å². The Morgan fingerprint density at radius 1 is 1.19 bits per heavy atom. The van der Waals surface area contributed by atoms with E-state index in [-0.39, 0.29) is 0 Å². The molecule has 0 spiro atoms. The lowest BCUT2D eigenvalue weighted by Gasteiger charge is -2.19. The molecule has 0 saturated heterocycles. The molecule has 0 saturated carbocycles. The molecule has 0 atom stereocenters. The number of benzene rings is 1. The molecule has 1 aliphatic heterocycles. The molecule has 3 aromatic rings. The number of thiazole rings is 1. The molecular formula is C14H12N4O2S. The van der Waals surface area contributed by atoms with E-state index in [2.05, 4.69) is 15.2 Å². The zero-order valence-corrected chi connectivity index (χ0v) is 11.8. The van der Waals surface area contributed by atoms with Crippen LogP contribution in [0.5, 0.6) is 11.5 Å². The Hall–Kier alpha value is -2.54. The maximum atomic E-state index is 6.03. The number of nitrogens with two attached hydrogens (primary N) is 1. The standard InChI is InChI=1S/C14H12N4O2S/c15-14-12(13(17-18-14)11-6-16-7-21-11)8-1-2-9-10(5-8)20-4-3-19-9/h1-2,5-7H,3-4H2,(H3,15,17,18). The van der Waals surface area contributed by atoms with Gasteiger partial charge in [-0.05, 0) is 17.7 Å². The van der Waals surface area contributed by atoms with Crippen molar-refractivity contribution in [2.45, 2.75) is 0 Å². The van der Waals surface area contributed by atoms with Crippen LogP contribution in [0.4, 0.5) is 5.82 Å². The van der Waals surface area contributed by atoms with Crippen LogP contribution in [0.3, 0.4) is 0 Å². The molecule has 7 heteroatoms. The molecule has 0 amide bonds. The Labute approximate surface area is 124 Å². The number of anilines is 1. The zero-order valence-electron chi connectivity index (χ0n) is 11.0. The highest BCUT2D eigenvalue weighted by Crippen LogP contribution is 2.40. The molecule has 106 valence electrons. The number of nitrogens with zero attached hydrogens (tertiary/aromatic N) is 2. The number of nitrogens with one attached hydrogen (secondary N) is 1. The summed E-state index contributed by atoms with van der Waals surface area (Å²) in [6.07, 6.45) is 1.79. The van der Waals surface area contributed by atoms with Gasteiger partial charge in [-0.25, -0.2) is 0 Å². The minimum Gasteiger partial charge on any atom is -0.486 e. The van der Waals surface area contributed by atoms with E-state index in [1.807, 2.05) is 18.2 Å². The molecule has 2 aromatic heterocycles. The van der Waals surface area contributed by atoms with Gasteiger partial charge in [0.15, 0.2) is 17.3 Å².